The van der Waals surface area contributed by atoms with Crippen LogP contribution in [0.3, 0.4) is 0 Å². The fraction of sp³-hybridized carbons (Fsp3) is 0.455. The Morgan fingerprint density at radius 3 is 2.67 bits per heavy atom. The summed E-state index contributed by atoms with van der Waals surface area (Å²) >= 11 is 3.38. The minimum atomic E-state index is -0.764. The van der Waals surface area contributed by atoms with Gasteiger partial charge in [-0.2, -0.15) is 0 Å². The first kappa shape index (κ1) is 10.6. The van der Waals surface area contributed by atoms with E-state index in [1.807, 2.05) is 6.07 Å². The third-order valence-electron chi connectivity index (χ3n) is 3.08. The highest BCUT2D eigenvalue weighted by molar-refractivity contribution is 9.10. The maximum Gasteiger partial charge on any atom is 0.315 e. The van der Waals surface area contributed by atoms with Gasteiger partial charge >= 0.3 is 5.97 Å². The number of carbonyl (C=O) groups is 1. The molecule has 4 heteroatoms. The Kier molecular flexibility index (Phi) is 2.78. The van der Waals surface area contributed by atoms with E-state index in [0.717, 1.165) is 17.3 Å². The van der Waals surface area contributed by atoms with Gasteiger partial charge in [0.2, 0.25) is 0 Å². The summed E-state index contributed by atoms with van der Waals surface area (Å²) in [6.45, 7) is 0. The van der Waals surface area contributed by atoms with Gasteiger partial charge in [-0.3, -0.25) is 9.78 Å². The zero-order chi connectivity index (χ0) is 10.9. The predicted molar refractivity (Wildman–Crippen MR) is 59.7 cm³/mol. The molecule has 1 heterocycles. The van der Waals surface area contributed by atoms with E-state index in [1.54, 1.807) is 12.3 Å². The van der Waals surface area contributed by atoms with E-state index >= 15 is 0 Å². The van der Waals surface area contributed by atoms with Crippen LogP contribution in [0.2, 0.25) is 0 Å². The summed E-state index contributed by atoms with van der Waals surface area (Å²) in [6.07, 6.45) is 4.98. The highest BCUT2D eigenvalue weighted by atomic mass is 79.9. The molecule has 0 radical (unpaired) electrons. The first-order valence-corrected chi connectivity index (χ1v) is 5.80. The smallest absolute Gasteiger partial charge is 0.315 e. The van der Waals surface area contributed by atoms with Gasteiger partial charge in [0.1, 0.15) is 5.41 Å². The van der Waals surface area contributed by atoms with Crippen LogP contribution in [-0.2, 0) is 10.2 Å². The number of aromatic nitrogens is 1. The number of aliphatic carboxylic acids is 1. The first-order valence-electron chi connectivity index (χ1n) is 5.01. The molecule has 0 aliphatic heterocycles. The molecule has 3 nitrogen and oxygen atoms in total. The van der Waals surface area contributed by atoms with Gasteiger partial charge in [0.15, 0.2) is 0 Å². The van der Waals surface area contributed by atoms with Gasteiger partial charge in [-0.15, -0.1) is 0 Å². The SMILES string of the molecule is O=C(O)C1(c2ncccc2Br)CCCC1. The fourth-order valence-electron chi connectivity index (χ4n) is 2.27. The molecule has 0 unspecified atom stereocenters. The van der Waals surface area contributed by atoms with Crippen molar-refractivity contribution >= 4 is 21.9 Å². The molecule has 0 bridgehead atoms. The Hall–Kier alpha value is -0.900. The van der Waals surface area contributed by atoms with Crippen molar-refractivity contribution < 1.29 is 9.90 Å². The third-order valence-corrected chi connectivity index (χ3v) is 3.72. The number of halogens is 1. The summed E-state index contributed by atoms with van der Waals surface area (Å²) < 4.78 is 0.800. The number of nitrogens with zero attached hydrogens (tertiary/aromatic N) is 1. The highest BCUT2D eigenvalue weighted by Gasteiger charge is 2.45. The van der Waals surface area contributed by atoms with Crippen LogP contribution in [0.4, 0.5) is 0 Å². The van der Waals surface area contributed by atoms with Crippen LogP contribution in [0.15, 0.2) is 22.8 Å². The Morgan fingerprint density at radius 2 is 2.13 bits per heavy atom. The third kappa shape index (κ3) is 1.67. The van der Waals surface area contributed by atoms with Crippen LogP contribution in [-0.4, -0.2) is 16.1 Å². The van der Waals surface area contributed by atoms with Crippen molar-refractivity contribution in [2.75, 3.05) is 0 Å². The van der Waals surface area contributed by atoms with Crippen molar-refractivity contribution in [2.24, 2.45) is 0 Å². The maximum atomic E-state index is 11.4. The molecule has 1 fully saturated rings. The normalized spacial score (nSPS) is 19.0. The van der Waals surface area contributed by atoms with E-state index in [4.69, 9.17) is 0 Å². The highest BCUT2D eigenvalue weighted by Crippen LogP contribution is 2.42. The van der Waals surface area contributed by atoms with Crippen molar-refractivity contribution in [1.82, 2.24) is 4.98 Å². The van der Waals surface area contributed by atoms with E-state index < -0.39 is 11.4 Å². The Labute approximate surface area is 96.7 Å². The average Bonchev–Trinajstić information content (AvgIpc) is 2.68. The molecule has 1 saturated carbocycles. The van der Waals surface area contributed by atoms with E-state index in [0.29, 0.717) is 18.5 Å². The van der Waals surface area contributed by atoms with Crippen molar-refractivity contribution in [3.05, 3.63) is 28.5 Å². The first-order chi connectivity index (χ1) is 7.17. The topological polar surface area (TPSA) is 50.2 Å². The van der Waals surface area contributed by atoms with Crippen LogP contribution < -0.4 is 0 Å². The second-order valence-electron chi connectivity index (χ2n) is 3.93. The molecule has 80 valence electrons. The number of rotatable bonds is 2. The minimum absolute atomic E-state index is 0.676. The molecule has 1 aliphatic carbocycles. The molecular formula is C11H12BrNO2. The molecule has 15 heavy (non-hydrogen) atoms. The summed E-state index contributed by atoms with van der Waals surface area (Å²) in [5, 5.41) is 9.38. The van der Waals surface area contributed by atoms with E-state index in [2.05, 4.69) is 20.9 Å². The van der Waals surface area contributed by atoms with Crippen molar-refractivity contribution in [3.63, 3.8) is 0 Å². The monoisotopic (exact) mass is 269 g/mol. The van der Waals surface area contributed by atoms with Gasteiger partial charge in [0.05, 0.1) is 5.69 Å². The summed E-state index contributed by atoms with van der Waals surface area (Å²) in [4.78, 5) is 15.6. The molecule has 1 N–H and O–H groups in total. The number of carboxylic acid groups (broad SMARTS) is 1. The molecule has 1 aromatic rings. The lowest BCUT2D eigenvalue weighted by atomic mass is 9.82. The summed E-state index contributed by atoms with van der Waals surface area (Å²) in [5.41, 5.74) is -0.0879. The number of hydrogen-bond acceptors (Lipinski definition) is 2. The molecule has 0 saturated heterocycles. The van der Waals surface area contributed by atoms with E-state index in [9.17, 15) is 9.90 Å². The van der Waals surface area contributed by atoms with Gasteiger partial charge in [0.25, 0.3) is 0 Å². The molecule has 1 aromatic heterocycles. The summed E-state index contributed by atoms with van der Waals surface area (Å²) in [5.74, 6) is -0.751. The molecule has 0 aromatic carbocycles. The molecule has 0 spiro atoms. The van der Waals surface area contributed by atoms with Gasteiger partial charge in [-0.25, -0.2) is 0 Å². The maximum absolute atomic E-state index is 11.4. The van der Waals surface area contributed by atoms with Crippen LogP contribution >= 0.6 is 15.9 Å². The molecule has 2 rings (SSSR count). The zero-order valence-electron chi connectivity index (χ0n) is 8.24. The van der Waals surface area contributed by atoms with Crippen LogP contribution in [0.25, 0.3) is 0 Å². The van der Waals surface area contributed by atoms with Crippen LogP contribution in [0.5, 0.6) is 0 Å². The lowest BCUT2D eigenvalue weighted by Gasteiger charge is -2.23. The number of carboxylic acids is 1. The lowest BCUT2D eigenvalue weighted by molar-refractivity contribution is -0.143. The largest absolute Gasteiger partial charge is 0.481 e. The Balaban J connectivity index is 2.50. The minimum Gasteiger partial charge on any atom is -0.481 e. The van der Waals surface area contributed by atoms with Crippen molar-refractivity contribution in [2.45, 2.75) is 31.1 Å². The Morgan fingerprint density at radius 1 is 1.47 bits per heavy atom. The van der Waals surface area contributed by atoms with Crippen LogP contribution in [0.1, 0.15) is 31.4 Å². The van der Waals surface area contributed by atoms with E-state index in [1.165, 1.54) is 0 Å². The molecule has 0 amide bonds. The summed E-state index contributed by atoms with van der Waals surface area (Å²) in [6, 6.07) is 3.66. The molecular weight excluding hydrogens is 258 g/mol. The van der Waals surface area contributed by atoms with Crippen molar-refractivity contribution in [1.29, 1.82) is 0 Å². The predicted octanol–water partition coefficient (Wildman–Crippen LogP) is 2.74. The number of hydrogen-bond donors (Lipinski definition) is 1. The van der Waals surface area contributed by atoms with Gasteiger partial charge in [0, 0.05) is 10.7 Å². The lowest BCUT2D eigenvalue weighted by Crippen LogP contribution is -2.33. The zero-order valence-corrected chi connectivity index (χ0v) is 9.83. The standard InChI is InChI=1S/C11H12BrNO2/c12-8-4-3-7-13-9(8)11(10(14)15)5-1-2-6-11/h3-4,7H,1-2,5-6H2,(H,14,15). The Bertz CT molecular complexity index is 386. The average molecular weight is 270 g/mol. The van der Waals surface area contributed by atoms with Crippen LogP contribution in [0, 0.1) is 0 Å². The fourth-order valence-corrected chi connectivity index (χ4v) is 2.90. The van der Waals surface area contributed by atoms with Gasteiger partial charge in [-0.05, 0) is 40.9 Å². The van der Waals surface area contributed by atoms with Gasteiger partial charge < -0.3 is 5.11 Å². The number of pyridine rings is 1. The second-order valence-corrected chi connectivity index (χ2v) is 4.78. The molecule has 1 aliphatic rings. The van der Waals surface area contributed by atoms with Gasteiger partial charge in [-0.1, -0.05) is 12.8 Å². The second kappa shape index (κ2) is 3.93. The molecule has 0 atom stereocenters. The summed E-state index contributed by atoms with van der Waals surface area (Å²) in [7, 11) is 0. The van der Waals surface area contributed by atoms with E-state index in [-0.39, 0.29) is 0 Å². The van der Waals surface area contributed by atoms with Crippen molar-refractivity contribution in [3.8, 4) is 0 Å². The quantitative estimate of drug-likeness (QED) is 0.898.